The van der Waals surface area contributed by atoms with Crippen LogP contribution in [0, 0.1) is 11.7 Å². The molecule has 1 atom stereocenters. The molecule has 128 valence electrons. The van der Waals surface area contributed by atoms with Crippen LogP contribution in [0.5, 0.6) is 0 Å². The maximum Gasteiger partial charge on any atom is 0.241 e. The molecular weight excluding hydrogens is 329 g/mol. The number of hydrogen-bond donors (Lipinski definition) is 1. The first-order chi connectivity index (χ1) is 11.2. The van der Waals surface area contributed by atoms with Crippen molar-refractivity contribution in [3.8, 4) is 0 Å². The third-order valence-electron chi connectivity index (χ3n) is 3.75. The van der Waals surface area contributed by atoms with Crippen molar-refractivity contribution in [1.82, 2.24) is 4.72 Å². The van der Waals surface area contributed by atoms with E-state index in [0.29, 0.717) is 11.1 Å². The highest BCUT2D eigenvalue weighted by Crippen LogP contribution is 2.24. The second-order valence-electron chi connectivity index (χ2n) is 5.98. The van der Waals surface area contributed by atoms with Gasteiger partial charge in [0.15, 0.2) is 5.78 Å². The molecule has 0 fully saturated rings. The fourth-order valence-corrected chi connectivity index (χ4v) is 3.74. The molecule has 24 heavy (non-hydrogen) atoms. The number of halogens is 1. The molecule has 0 radical (unpaired) electrons. The molecule has 2 aromatic carbocycles. The van der Waals surface area contributed by atoms with E-state index < -0.39 is 16.1 Å². The highest BCUT2D eigenvalue weighted by Gasteiger charge is 2.24. The second kappa shape index (κ2) is 7.23. The minimum Gasteiger partial charge on any atom is -0.295 e. The lowest BCUT2D eigenvalue weighted by molar-refractivity contribution is 0.101. The third kappa shape index (κ3) is 4.27. The Bertz CT molecular complexity index is 812. The molecule has 0 saturated carbocycles. The molecule has 2 rings (SSSR count). The molecule has 4 nitrogen and oxygen atoms in total. The van der Waals surface area contributed by atoms with E-state index in [-0.39, 0.29) is 22.4 Å². The summed E-state index contributed by atoms with van der Waals surface area (Å²) in [6.07, 6.45) is 0. The summed E-state index contributed by atoms with van der Waals surface area (Å²) in [6, 6.07) is 11.0. The number of carbonyl (C=O) groups is 1. The van der Waals surface area contributed by atoms with Crippen LogP contribution in [0.1, 0.15) is 42.7 Å². The number of Topliss-reactive ketones (excluding diaryl/α,β-unsaturated/α-hetero) is 1. The number of ketones is 1. The highest BCUT2D eigenvalue weighted by molar-refractivity contribution is 7.89. The molecular formula is C18H20FNO3S. The summed E-state index contributed by atoms with van der Waals surface area (Å²) in [4.78, 5) is 11.4. The molecule has 0 aromatic heterocycles. The Morgan fingerprint density at radius 3 is 2.00 bits per heavy atom. The Labute approximate surface area is 141 Å². The van der Waals surface area contributed by atoms with Crippen molar-refractivity contribution in [2.75, 3.05) is 0 Å². The van der Waals surface area contributed by atoms with Gasteiger partial charge >= 0.3 is 0 Å². The first kappa shape index (κ1) is 18.3. The summed E-state index contributed by atoms with van der Waals surface area (Å²) in [5, 5.41) is 0. The van der Waals surface area contributed by atoms with Gasteiger partial charge < -0.3 is 0 Å². The maximum atomic E-state index is 13.1. The lowest BCUT2D eigenvalue weighted by Crippen LogP contribution is -2.31. The van der Waals surface area contributed by atoms with E-state index >= 15 is 0 Å². The molecule has 0 aliphatic rings. The zero-order chi connectivity index (χ0) is 17.9. The Morgan fingerprint density at radius 2 is 1.54 bits per heavy atom. The molecule has 0 bridgehead atoms. The lowest BCUT2D eigenvalue weighted by atomic mass is 9.97. The Hall–Kier alpha value is -2.05. The normalized spacial score (nSPS) is 13.0. The first-order valence-electron chi connectivity index (χ1n) is 7.59. The smallest absolute Gasteiger partial charge is 0.241 e. The van der Waals surface area contributed by atoms with E-state index in [1.54, 1.807) is 12.1 Å². The Kier molecular flexibility index (Phi) is 5.51. The van der Waals surface area contributed by atoms with E-state index in [4.69, 9.17) is 0 Å². The second-order valence-corrected chi connectivity index (χ2v) is 7.69. The van der Waals surface area contributed by atoms with Gasteiger partial charge in [0.25, 0.3) is 0 Å². The summed E-state index contributed by atoms with van der Waals surface area (Å²) in [5.74, 6) is -0.524. The van der Waals surface area contributed by atoms with Gasteiger partial charge in [-0.05, 0) is 42.7 Å². The summed E-state index contributed by atoms with van der Waals surface area (Å²) in [5.41, 5.74) is 1.14. The number of rotatable bonds is 6. The minimum absolute atomic E-state index is 0.0262. The molecule has 0 unspecified atom stereocenters. The summed E-state index contributed by atoms with van der Waals surface area (Å²) >= 11 is 0. The van der Waals surface area contributed by atoms with Gasteiger partial charge in [0.1, 0.15) is 5.82 Å². The minimum atomic E-state index is -3.76. The molecule has 0 aliphatic heterocycles. The van der Waals surface area contributed by atoms with Crippen molar-refractivity contribution in [1.29, 1.82) is 0 Å². The van der Waals surface area contributed by atoms with E-state index in [1.165, 1.54) is 43.3 Å². The quantitative estimate of drug-likeness (QED) is 0.809. The van der Waals surface area contributed by atoms with Crippen molar-refractivity contribution in [2.24, 2.45) is 5.92 Å². The van der Waals surface area contributed by atoms with Crippen molar-refractivity contribution < 1.29 is 17.6 Å². The monoisotopic (exact) mass is 349 g/mol. The van der Waals surface area contributed by atoms with Crippen LogP contribution in [0.3, 0.4) is 0 Å². The fourth-order valence-electron chi connectivity index (χ4n) is 2.36. The van der Waals surface area contributed by atoms with Gasteiger partial charge in [-0.25, -0.2) is 17.5 Å². The summed E-state index contributed by atoms with van der Waals surface area (Å²) in [6.45, 7) is 5.19. The lowest BCUT2D eigenvalue weighted by Gasteiger charge is -2.23. The third-order valence-corrected chi connectivity index (χ3v) is 5.21. The molecule has 1 N–H and O–H groups in total. The number of carbonyl (C=O) groups excluding carboxylic acids is 1. The van der Waals surface area contributed by atoms with Gasteiger partial charge in [-0.3, -0.25) is 4.79 Å². The van der Waals surface area contributed by atoms with Crippen molar-refractivity contribution >= 4 is 15.8 Å². The molecule has 0 aliphatic carbocycles. The van der Waals surface area contributed by atoms with Gasteiger partial charge in [-0.15, -0.1) is 0 Å². The number of hydrogen-bond acceptors (Lipinski definition) is 3. The number of sulfonamides is 1. The van der Waals surface area contributed by atoms with E-state index in [0.717, 1.165) is 0 Å². The predicted octanol–water partition coefficient (Wildman–Crippen LogP) is 3.70. The zero-order valence-electron chi connectivity index (χ0n) is 13.8. The molecule has 6 heteroatoms. The summed E-state index contributed by atoms with van der Waals surface area (Å²) < 4.78 is 40.9. The van der Waals surface area contributed by atoms with Crippen LogP contribution in [-0.2, 0) is 10.0 Å². The topological polar surface area (TPSA) is 63.2 Å². The van der Waals surface area contributed by atoms with Gasteiger partial charge in [-0.1, -0.05) is 38.1 Å². The van der Waals surface area contributed by atoms with Gasteiger partial charge in [0, 0.05) is 11.6 Å². The standard InChI is InChI=1S/C18H20FNO3S/c1-12(2)18(15-4-8-16(19)9-5-15)20-24(22,23)17-10-6-14(7-11-17)13(3)21/h4-12,18,20H,1-3H3/t18-/m0/s1. The molecule has 2 aromatic rings. The van der Waals surface area contributed by atoms with Gasteiger partial charge in [0.05, 0.1) is 4.90 Å². The molecule has 0 heterocycles. The van der Waals surface area contributed by atoms with Crippen LogP contribution in [-0.4, -0.2) is 14.2 Å². The Morgan fingerprint density at radius 1 is 1.00 bits per heavy atom. The van der Waals surface area contributed by atoms with Crippen LogP contribution < -0.4 is 4.72 Å². The van der Waals surface area contributed by atoms with Crippen molar-refractivity contribution in [2.45, 2.75) is 31.7 Å². The number of nitrogens with one attached hydrogen (secondary N) is 1. The fraction of sp³-hybridized carbons (Fsp3) is 0.278. The average molecular weight is 349 g/mol. The largest absolute Gasteiger partial charge is 0.295 e. The van der Waals surface area contributed by atoms with Gasteiger partial charge in [-0.2, -0.15) is 0 Å². The SMILES string of the molecule is CC(=O)c1ccc(S(=O)(=O)N[C@H](c2ccc(F)cc2)C(C)C)cc1. The van der Waals surface area contributed by atoms with Crippen LogP contribution in [0.15, 0.2) is 53.4 Å². The Balaban J connectivity index is 2.30. The average Bonchev–Trinajstić information content (AvgIpc) is 2.53. The predicted molar refractivity (Wildman–Crippen MR) is 90.7 cm³/mol. The van der Waals surface area contributed by atoms with Crippen molar-refractivity contribution in [3.05, 3.63) is 65.5 Å². The molecule has 0 amide bonds. The highest BCUT2D eigenvalue weighted by atomic mass is 32.2. The first-order valence-corrected chi connectivity index (χ1v) is 9.08. The van der Waals surface area contributed by atoms with E-state index in [2.05, 4.69) is 4.72 Å². The molecule has 0 spiro atoms. The van der Waals surface area contributed by atoms with Crippen LogP contribution in [0.4, 0.5) is 4.39 Å². The molecule has 0 saturated heterocycles. The van der Waals surface area contributed by atoms with Crippen LogP contribution >= 0.6 is 0 Å². The van der Waals surface area contributed by atoms with Gasteiger partial charge in [0.2, 0.25) is 10.0 Å². The zero-order valence-corrected chi connectivity index (χ0v) is 14.6. The maximum absolute atomic E-state index is 13.1. The number of benzene rings is 2. The summed E-state index contributed by atoms with van der Waals surface area (Å²) in [7, 11) is -3.76. The van der Waals surface area contributed by atoms with E-state index in [1.807, 2.05) is 13.8 Å². The van der Waals surface area contributed by atoms with E-state index in [9.17, 15) is 17.6 Å². The van der Waals surface area contributed by atoms with Crippen LogP contribution in [0.2, 0.25) is 0 Å². The van der Waals surface area contributed by atoms with Crippen molar-refractivity contribution in [3.63, 3.8) is 0 Å². The van der Waals surface area contributed by atoms with Crippen LogP contribution in [0.25, 0.3) is 0 Å².